The van der Waals surface area contributed by atoms with E-state index in [0.29, 0.717) is 43.3 Å². The van der Waals surface area contributed by atoms with Crippen LogP contribution < -0.4 is 0 Å². The molecule has 3 N–H and O–H groups in total. The lowest BCUT2D eigenvalue weighted by Gasteiger charge is -2.49. The maximum Gasteiger partial charge on any atom is 0.438 e. The van der Waals surface area contributed by atoms with E-state index < -0.39 is 41.2 Å². The van der Waals surface area contributed by atoms with E-state index in [4.69, 9.17) is 0 Å². The Hall–Kier alpha value is -1.83. The minimum absolute atomic E-state index is 0.0212. The van der Waals surface area contributed by atoms with Gasteiger partial charge in [0.2, 0.25) is 0 Å². The maximum atomic E-state index is 14.3. The van der Waals surface area contributed by atoms with Crippen LogP contribution in [0.3, 0.4) is 0 Å². The lowest BCUT2D eigenvalue weighted by molar-refractivity contribution is -0.343. The molecule has 3 aliphatic carbocycles. The van der Waals surface area contributed by atoms with Crippen LogP contribution in [-0.2, 0) is 0 Å². The number of aliphatic hydroxyl groups is 3. The molecule has 244 valence electrons. The minimum Gasteiger partial charge on any atom is -0.393 e. The molecule has 43 heavy (non-hydrogen) atoms. The lowest BCUT2D eigenvalue weighted by atomic mass is 9.55. The fraction of sp³-hybridized carbons (Fsp3) is 0.758. The molecular formula is C33H45F7O3. The molecule has 0 radical (unpaired) electrons. The second-order valence-corrected chi connectivity index (χ2v) is 14.1. The predicted molar refractivity (Wildman–Crippen MR) is 151 cm³/mol. The number of halogens is 7. The van der Waals surface area contributed by atoms with Crippen molar-refractivity contribution in [2.45, 2.75) is 134 Å². The molecule has 3 nitrogen and oxygen atoms in total. The average molecular weight is 623 g/mol. The van der Waals surface area contributed by atoms with Gasteiger partial charge in [0.15, 0.2) is 0 Å². The third kappa shape index (κ3) is 7.70. The first-order valence-corrected chi connectivity index (χ1v) is 15.0. The first-order valence-electron chi connectivity index (χ1n) is 15.0. The zero-order chi connectivity index (χ0) is 32.6. The smallest absolute Gasteiger partial charge is 0.393 e. The predicted octanol–water partition coefficient (Wildman–Crippen LogP) is 8.30. The van der Waals surface area contributed by atoms with E-state index in [-0.39, 0.29) is 30.1 Å². The van der Waals surface area contributed by atoms with Crippen LogP contribution in [-0.4, -0.2) is 51.1 Å². The largest absolute Gasteiger partial charge is 0.438 e. The van der Waals surface area contributed by atoms with Crippen LogP contribution in [0.25, 0.3) is 0 Å². The Balaban J connectivity index is 1.95. The quantitative estimate of drug-likeness (QED) is 0.198. The number of hydrogen-bond donors (Lipinski definition) is 3. The van der Waals surface area contributed by atoms with Crippen LogP contribution in [0.1, 0.15) is 98.3 Å². The minimum atomic E-state index is -6.01. The van der Waals surface area contributed by atoms with Gasteiger partial charge in [-0.2, -0.15) is 26.3 Å². The summed E-state index contributed by atoms with van der Waals surface area (Å²) >= 11 is 0. The molecule has 0 saturated heterocycles. The molecule has 0 aromatic rings. The third-order valence-electron chi connectivity index (χ3n) is 10.1. The number of fused-ring (bicyclic) bond motifs is 1. The Bertz CT molecular complexity index is 1140. The zero-order valence-electron chi connectivity index (χ0n) is 25.4. The summed E-state index contributed by atoms with van der Waals surface area (Å²) in [6, 6.07) is 0. The van der Waals surface area contributed by atoms with E-state index in [1.54, 1.807) is 13.8 Å². The van der Waals surface area contributed by atoms with Gasteiger partial charge in [0.05, 0.1) is 11.7 Å². The van der Waals surface area contributed by atoms with Gasteiger partial charge >= 0.3 is 18.0 Å². The van der Waals surface area contributed by atoms with Crippen molar-refractivity contribution in [1.82, 2.24) is 0 Å². The van der Waals surface area contributed by atoms with E-state index in [9.17, 15) is 46.1 Å². The van der Waals surface area contributed by atoms with Crippen LogP contribution in [0.2, 0.25) is 0 Å². The van der Waals surface area contributed by atoms with Crippen molar-refractivity contribution in [3.8, 4) is 11.8 Å². The van der Waals surface area contributed by atoms with Gasteiger partial charge in [0.1, 0.15) is 6.17 Å². The van der Waals surface area contributed by atoms with Crippen LogP contribution in [0.15, 0.2) is 35.5 Å². The monoisotopic (exact) mass is 622 g/mol. The van der Waals surface area contributed by atoms with Crippen molar-refractivity contribution in [3.63, 3.8) is 0 Å². The summed E-state index contributed by atoms with van der Waals surface area (Å²) in [7, 11) is 0. The highest BCUT2D eigenvalue weighted by Gasteiger charge is 2.70. The van der Waals surface area contributed by atoms with Crippen molar-refractivity contribution in [3.05, 3.63) is 35.5 Å². The molecule has 0 spiro atoms. The number of aliphatic hydroxyl groups excluding tert-OH is 1. The average Bonchev–Trinajstić information content (AvgIpc) is 3.21. The Labute approximate surface area is 250 Å². The summed E-state index contributed by atoms with van der Waals surface area (Å²) in [5.41, 5.74) is -5.05. The Kier molecular flexibility index (Phi) is 10.4. The molecular weight excluding hydrogens is 577 g/mol. The molecule has 0 heterocycles. The fourth-order valence-corrected chi connectivity index (χ4v) is 7.81. The zero-order valence-corrected chi connectivity index (χ0v) is 25.4. The van der Waals surface area contributed by atoms with E-state index in [2.05, 4.69) is 19.4 Å². The SMILES string of the molecule is C=C1/C(=C\C=C2/CCC[C@@]3(C)C2CCC3C(C)(CC#CC(O)(C(F)(F)F)C(F)(F)F)CCCC(C)(C)O)C[C@@H](O)C[C@@H]1F. The van der Waals surface area contributed by atoms with Crippen LogP contribution in [0, 0.1) is 34.5 Å². The van der Waals surface area contributed by atoms with E-state index in [1.807, 2.05) is 19.1 Å². The molecule has 3 rings (SSSR count). The Morgan fingerprint density at radius 1 is 1.00 bits per heavy atom. The van der Waals surface area contributed by atoms with Gasteiger partial charge < -0.3 is 15.3 Å². The lowest BCUT2D eigenvalue weighted by Crippen LogP contribution is -2.55. The molecule has 0 bridgehead atoms. The van der Waals surface area contributed by atoms with Gasteiger partial charge in [0.25, 0.3) is 0 Å². The molecule has 10 heteroatoms. The summed E-state index contributed by atoms with van der Waals surface area (Å²) in [5, 5.41) is 29.9. The van der Waals surface area contributed by atoms with Crippen molar-refractivity contribution in [1.29, 1.82) is 0 Å². The molecule has 0 aromatic heterocycles. The van der Waals surface area contributed by atoms with Gasteiger partial charge in [-0.15, -0.1) is 0 Å². The van der Waals surface area contributed by atoms with E-state index in [0.717, 1.165) is 37.2 Å². The standard InChI is InChI=1S/C33H45F7O3/c1-21-23(19-24(41)20-26(21)34)11-10-22-9-6-17-30(5)25(22)12-13-27(30)29(4,15-7-14-28(2,3)42)16-8-18-31(43,32(35,36)37)33(38,39)40/h10-11,24-27,41-43H,1,6-7,9,12-17,19-20H2,2-5H3/b22-10+,23-11-/t24-,25?,26+,27?,29?,30+/m1/s1. The molecule has 0 aromatic carbocycles. The van der Waals surface area contributed by atoms with Crippen LogP contribution in [0.4, 0.5) is 30.7 Å². The number of hydrogen-bond acceptors (Lipinski definition) is 3. The van der Waals surface area contributed by atoms with Crippen molar-refractivity contribution in [2.75, 3.05) is 0 Å². The summed E-state index contributed by atoms with van der Waals surface area (Å²) in [6.45, 7) is 11.1. The second-order valence-electron chi connectivity index (χ2n) is 14.1. The van der Waals surface area contributed by atoms with Crippen molar-refractivity contribution < 1.29 is 46.1 Å². The van der Waals surface area contributed by atoms with Crippen LogP contribution >= 0.6 is 0 Å². The number of rotatable bonds is 7. The second kappa shape index (κ2) is 12.5. The fourth-order valence-electron chi connectivity index (χ4n) is 7.81. The first kappa shape index (κ1) is 35.6. The number of allylic oxidation sites excluding steroid dienone is 4. The summed E-state index contributed by atoms with van der Waals surface area (Å²) < 4.78 is 94.1. The summed E-state index contributed by atoms with van der Waals surface area (Å²) in [4.78, 5) is 0. The topological polar surface area (TPSA) is 60.7 Å². The van der Waals surface area contributed by atoms with Crippen molar-refractivity contribution in [2.24, 2.45) is 22.7 Å². The highest BCUT2D eigenvalue weighted by Crippen LogP contribution is 2.63. The molecule has 6 atom stereocenters. The molecule has 0 amide bonds. The summed E-state index contributed by atoms with van der Waals surface area (Å²) in [5.74, 6) is 3.28. The van der Waals surface area contributed by atoms with Gasteiger partial charge in [-0.3, -0.25) is 0 Å². The normalized spacial score (nSPS) is 32.4. The van der Waals surface area contributed by atoms with Gasteiger partial charge in [0, 0.05) is 12.8 Å². The van der Waals surface area contributed by atoms with Crippen LogP contribution in [0.5, 0.6) is 0 Å². The third-order valence-corrected chi connectivity index (χ3v) is 10.1. The number of alkyl halides is 7. The maximum absolute atomic E-state index is 14.3. The van der Waals surface area contributed by atoms with E-state index in [1.165, 1.54) is 0 Å². The van der Waals surface area contributed by atoms with Gasteiger partial charge in [-0.05, 0) is 105 Å². The van der Waals surface area contributed by atoms with Crippen molar-refractivity contribution >= 4 is 0 Å². The Morgan fingerprint density at radius 3 is 2.21 bits per heavy atom. The molecule has 0 aliphatic heterocycles. The van der Waals surface area contributed by atoms with Gasteiger partial charge in [-0.1, -0.05) is 50.5 Å². The molecule has 3 fully saturated rings. The molecule has 3 unspecified atom stereocenters. The Morgan fingerprint density at radius 2 is 1.63 bits per heavy atom. The highest BCUT2D eigenvalue weighted by molar-refractivity contribution is 5.39. The summed E-state index contributed by atoms with van der Waals surface area (Å²) in [6.07, 6.45) is -5.02. The highest BCUT2D eigenvalue weighted by atomic mass is 19.4. The molecule has 3 saturated carbocycles. The van der Waals surface area contributed by atoms with E-state index >= 15 is 0 Å². The van der Waals surface area contributed by atoms with Gasteiger partial charge in [-0.25, -0.2) is 4.39 Å². The molecule has 3 aliphatic rings. The first-order chi connectivity index (χ1) is 19.5.